The first-order chi connectivity index (χ1) is 31.7. The maximum atomic E-state index is 5.58. The number of hydrogen-bond donors (Lipinski definition) is 0. The van der Waals surface area contributed by atoms with E-state index in [2.05, 4.69) is 263 Å². The van der Waals surface area contributed by atoms with Crippen molar-refractivity contribution < 1.29 is 0 Å². The summed E-state index contributed by atoms with van der Waals surface area (Å²) < 4.78 is 0. The highest BCUT2D eigenvalue weighted by atomic mass is 15.2. The fourth-order valence-electron chi connectivity index (χ4n) is 10.1. The maximum Gasteiger partial charge on any atom is 0.252 e. The summed E-state index contributed by atoms with van der Waals surface area (Å²) in [5.41, 5.74) is 22.6. The minimum Gasteiger partial charge on any atom is -0.311 e. The number of nitrogens with zero attached hydrogens (tertiary/aromatic N) is 3. The lowest BCUT2D eigenvalue weighted by Crippen LogP contribution is -2.61. The maximum absolute atomic E-state index is 5.58. The number of aromatic nitrogens is 1. The molecule has 0 amide bonds. The predicted molar refractivity (Wildman–Crippen MR) is 289 cm³/mol. The first kappa shape index (κ1) is 44.2. The molecule has 0 atom stereocenters. The van der Waals surface area contributed by atoms with E-state index >= 15 is 0 Å². The summed E-state index contributed by atoms with van der Waals surface area (Å²) in [5, 5.41) is 0. The van der Waals surface area contributed by atoms with Gasteiger partial charge in [-0.1, -0.05) is 192 Å². The van der Waals surface area contributed by atoms with Gasteiger partial charge in [0.1, 0.15) is 0 Å². The van der Waals surface area contributed by atoms with Crippen molar-refractivity contribution in [1.82, 2.24) is 4.98 Å². The molecule has 0 saturated carbocycles. The van der Waals surface area contributed by atoms with Crippen molar-refractivity contribution in [3.8, 4) is 33.6 Å². The van der Waals surface area contributed by atoms with E-state index in [0.717, 1.165) is 45.0 Å². The van der Waals surface area contributed by atoms with Crippen LogP contribution in [-0.4, -0.2) is 11.7 Å². The average Bonchev–Trinajstić information content (AvgIpc) is 3.30. The van der Waals surface area contributed by atoms with Crippen molar-refractivity contribution in [1.29, 1.82) is 0 Å². The van der Waals surface area contributed by atoms with Crippen molar-refractivity contribution in [3.63, 3.8) is 0 Å². The molecule has 0 fully saturated rings. The molecule has 0 spiro atoms. The van der Waals surface area contributed by atoms with E-state index in [0.29, 0.717) is 0 Å². The highest BCUT2D eigenvalue weighted by molar-refractivity contribution is 7.00. The third kappa shape index (κ3) is 8.09. The molecule has 67 heavy (non-hydrogen) atoms. The van der Waals surface area contributed by atoms with Gasteiger partial charge in [0.05, 0.1) is 11.4 Å². The van der Waals surface area contributed by atoms with E-state index in [4.69, 9.17) is 4.98 Å². The second kappa shape index (κ2) is 16.0. The van der Waals surface area contributed by atoms with E-state index in [-0.39, 0.29) is 28.4 Å². The first-order valence-electron chi connectivity index (χ1n) is 24.2. The molecule has 0 bridgehead atoms. The zero-order chi connectivity index (χ0) is 47.2. The fraction of sp³-hybridized carbons (Fsp3) is 0.254. The first-order valence-corrected chi connectivity index (χ1v) is 24.2. The van der Waals surface area contributed by atoms with Crippen LogP contribution >= 0.6 is 0 Å². The van der Waals surface area contributed by atoms with Crippen LogP contribution in [0, 0.1) is 0 Å². The van der Waals surface area contributed by atoms with Crippen LogP contribution in [0.25, 0.3) is 33.6 Å². The van der Waals surface area contributed by atoms with E-state index in [1.807, 2.05) is 0 Å². The lowest BCUT2D eigenvalue weighted by atomic mass is 9.33. The largest absolute Gasteiger partial charge is 0.311 e. The van der Waals surface area contributed by atoms with Crippen LogP contribution in [0.4, 0.5) is 34.1 Å². The predicted octanol–water partition coefficient (Wildman–Crippen LogP) is 15.4. The van der Waals surface area contributed by atoms with Gasteiger partial charge in [-0.05, 0) is 132 Å². The summed E-state index contributed by atoms with van der Waals surface area (Å²) >= 11 is 0. The standard InChI is InChI=1S/C63H64BN3/c1-60(2,3)45-23-29-49(30-24-45)66-55-39-47(62(7,8)9)27-33-51(55)64-52-34-28-48(63(10,11)12)40-56(52)67(50-31-25-46(26-32-50)61(4,5)6)58-38-44(37-57(66)59(58)64)54-36-43(41-19-15-13-16-20-41)35-53(65-54)42-21-17-14-18-22-42/h13-40H,1-12H3. The zero-order valence-corrected chi connectivity index (χ0v) is 41.6. The van der Waals surface area contributed by atoms with Crippen LogP contribution in [0.5, 0.6) is 0 Å². The Labute approximate surface area is 400 Å². The summed E-state index contributed by atoms with van der Waals surface area (Å²) in [7, 11) is 0. The van der Waals surface area contributed by atoms with Crippen molar-refractivity contribution in [2.75, 3.05) is 9.80 Å². The van der Waals surface area contributed by atoms with Gasteiger partial charge in [-0.2, -0.15) is 0 Å². The van der Waals surface area contributed by atoms with Crippen LogP contribution < -0.4 is 26.2 Å². The van der Waals surface area contributed by atoms with E-state index in [9.17, 15) is 0 Å². The second-order valence-electron chi connectivity index (χ2n) is 23.0. The molecule has 0 radical (unpaired) electrons. The third-order valence-electron chi connectivity index (χ3n) is 14.1. The molecule has 1 aromatic heterocycles. The molecular formula is C63H64BN3. The number of rotatable bonds is 5. The molecule has 0 unspecified atom stereocenters. The minimum absolute atomic E-state index is 0.00854. The summed E-state index contributed by atoms with van der Waals surface area (Å²) in [6, 6.07) is 64.0. The Morgan fingerprint density at radius 2 is 0.701 bits per heavy atom. The second-order valence-corrected chi connectivity index (χ2v) is 23.0. The fourth-order valence-corrected chi connectivity index (χ4v) is 10.1. The summed E-state index contributed by atoms with van der Waals surface area (Å²) in [6.07, 6.45) is 0. The Morgan fingerprint density at radius 3 is 1.10 bits per heavy atom. The van der Waals surface area contributed by atoms with E-state index in [1.165, 1.54) is 61.4 Å². The van der Waals surface area contributed by atoms with E-state index < -0.39 is 0 Å². The minimum atomic E-state index is -0.0538. The van der Waals surface area contributed by atoms with Gasteiger partial charge in [-0.3, -0.25) is 0 Å². The summed E-state index contributed by atoms with van der Waals surface area (Å²) in [4.78, 5) is 10.7. The SMILES string of the molecule is CC(C)(C)c1ccc(N2c3cc(C(C)(C)C)ccc3B3c4ccc(C(C)(C)C)cc4N(c4ccc(C(C)(C)C)cc4)c4cc(-c5cc(-c6ccccc6)cc(-c6ccccc6)n5)cc2c43)cc1. The number of pyridine rings is 1. The molecule has 0 aliphatic carbocycles. The molecule has 2 aliphatic rings. The number of hydrogen-bond acceptors (Lipinski definition) is 3. The normalized spacial score (nSPS) is 13.6. The number of fused-ring (bicyclic) bond motifs is 4. The quantitative estimate of drug-likeness (QED) is 0.161. The Morgan fingerprint density at radius 1 is 0.328 bits per heavy atom. The van der Waals surface area contributed by atoms with Crippen LogP contribution in [0.15, 0.2) is 170 Å². The van der Waals surface area contributed by atoms with Gasteiger partial charge in [0.25, 0.3) is 6.71 Å². The molecule has 2 aliphatic heterocycles. The monoisotopic (exact) mass is 874 g/mol. The van der Waals surface area contributed by atoms with Crippen LogP contribution in [0.1, 0.15) is 105 Å². The molecular weight excluding hydrogens is 810 g/mol. The Hall–Kier alpha value is -6.65. The third-order valence-corrected chi connectivity index (χ3v) is 14.1. The summed E-state index contributed by atoms with van der Waals surface area (Å²) in [6.45, 7) is 27.7. The smallest absolute Gasteiger partial charge is 0.252 e. The molecule has 7 aromatic carbocycles. The van der Waals surface area contributed by atoms with Gasteiger partial charge in [-0.15, -0.1) is 0 Å². The van der Waals surface area contributed by atoms with Crippen LogP contribution in [0.3, 0.4) is 0 Å². The molecule has 3 heterocycles. The van der Waals surface area contributed by atoms with Crippen molar-refractivity contribution in [2.24, 2.45) is 0 Å². The lowest BCUT2D eigenvalue weighted by molar-refractivity contribution is 0.590. The summed E-state index contributed by atoms with van der Waals surface area (Å²) in [5.74, 6) is 0. The molecule has 334 valence electrons. The van der Waals surface area contributed by atoms with Crippen LogP contribution in [0.2, 0.25) is 0 Å². The van der Waals surface area contributed by atoms with Gasteiger partial charge >= 0.3 is 0 Å². The highest BCUT2D eigenvalue weighted by Crippen LogP contribution is 2.48. The Balaban J connectivity index is 1.33. The lowest BCUT2D eigenvalue weighted by Gasteiger charge is -2.45. The van der Waals surface area contributed by atoms with Gasteiger partial charge in [-0.25, -0.2) is 4.98 Å². The number of anilines is 6. The molecule has 3 nitrogen and oxygen atoms in total. The van der Waals surface area contributed by atoms with Gasteiger partial charge < -0.3 is 9.80 Å². The van der Waals surface area contributed by atoms with Gasteiger partial charge in [0.2, 0.25) is 0 Å². The molecule has 10 rings (SSSR count). The zero-order valence-electron chi connectivity index (χ0n) is 41.6. The Kier molecular flexibility index (Phi) is 10.6. The van der Waals surface area contributed by atoms with Crippen LogP contribution in [-0.2, 0) is 21.7 Å². The highest BCUT2D eigenvalue weighted by Gasteiger charge is 2.44. The van der Waals surface area contributed by atoms with Crippen molar-refractivity contribution >= 4 is 57.2 Å². The molecule has 0 saturated heterocycles. The van der Waals surface area contributed by atoms with Crippen molar-refractivity contribution in [3.05, 3.63) is 192 Å². The van der Waals surface area contributed by atoms with Crippen molar-refractivity contribution in [2.45, 2.75) is 105 Å². The number of benzene rings is 7. The molecule has 8 aromatic rings. The van der Waals surface area contributed by atoms with E-state index in [1.54, 1.807) is 0 Å². The molecule has 4 heteroatoms. The molecule has 0 N–H and O–H groups in total. The van der Waals surface area contributed by atoms with Gasteiger partial charge in [0, 0.05) is 45.3 Å². The Bertz CT molecular complexity index is 2930. The topological polar surface area (TPSA) is 19.4 Å². The average molecular weight is 874 g/mol. The van der Waals surface area contributed by atoms with Gasteiger partial charge in [0.15, 0.2) is 0 Å².